The zero-order valence-electron chi connectivity index (χ0n) is 7.47. The second-order valence-corrected chi connectivity index (χ2v) is 2.97. The molecule has 0 aliphatic rings. The van der Waals surface area contributed by atoms with E-state index in [1.54, 1.807) is 0 Å². The molecule has 4 N–H and O–H groups in total. The number of imidazole rings is 2. The Kier molecular flexibility index (Phi) is 1.89. The van der Waals surface area contributed by atoms with E-state index in [1.165, 1.54) is 0 Å². The molecule has 2 aromatic heterocycles. The summed E-state index contributed by atoms with van der Waals surface area (Å²) in [6.07, 6.45) is 2.30. The summed E-state index contributed by atoms with van der Waals surface area (Å²) in [5, 5.41) is 17.9. The van der Waals surface area contributed by atoms with Crippen LogP contribution in [0.1, 0.15) is 0 Å². The van der Waals surface area contributed by atoms with Gasteiger partial charge in [-0.1, -0.05) is 0 Å². The van der Waals surface area contributed by atoms with Crippen LogP contribution in [0.15, 0.2) is 22.0 Å². The molecule has 15 heavy (non-hydrogen) atoms. The number of aromatic amines is 2. The van der Waals surface area contributed by atoms with Gasteiger partial charge in [0.1, 0.15) is 6.67 Å². The second kappa shape index (κ2) is 3.08. The average Bonchev–Trinajstić information content (AvgIpc) is 2.58. The Morgan fingerprint density at radius 2 is 1.40 bits per heavy atom. The van der Waals surface area contributed by atoms with E-state index in [1.807, 2.05) is 0 Å². The monoisotopic (exact) mass is 212 g/mol. The van der Waals surface area contributed by atoms with Crippen molar-refractivity contribution in [2.75, 3.05) is 0 Å². The minimum Gasteiger partial charge on any atom is -0.493 e. The van der Waals surface area contributed by atoms with Crippen molar-refractivity contribution in [2.45, 2.75) is 6.67 Å². The first-order valence-electron chi connectivity index (χ1n) is 4.03. The predicted octanol–water partition coefficient (Wildman–Crippen LogP) is -1.42. The highest BCUT2D eigenvalue weighted by Gasteiger charge is 2.05. The Bertz CT molecular complexity index is 534. The van der Waals surface area contributed by atoms with E-state index in [2.05, 4.69) is 9.97 Å². The summed E-state index contributed by atoms with van der Waals surface area (Å²) in [5.74, 6) is -0.569. The molecule has 80 valence electrons. The minimum atomic E-state index is -0.542. The van der Waals surface area contributed by atoms with Gasteiger partial charge in [0.15, 0.2) is 0 Å². The largest absolute Gasteiger partial charge is 0.493 e. The van der Waals surface area contributed by atoms with Crippen molar-refractivity contribution >= 4 is 0 Å². The van der Waals surface area contributed by atoms with Gasteiger partial charge < -0.3 is 10.2 Å². The molecule has 0 unspecified atom stereocenters. The fourth-order valence-corrected chi connectivity index (χ4v) is 1.21. The first-order valence-corrected chi connectivity index (χ1v) is 4.03. The molecule has 0 amide bonds. The van der Waals surface area contributed by atoms with E-state index in [-0.39, 0.29) is 18.4 Å². The van der Waals surface area contributed by atoms with Crippen molar-refractivity contribution < 1.29 is 10.2 Å². The topological polar surface area (TPSA) is 116 Å². The van der Waals surface area contributed by atoms with Crippen LogP contribution in [0, 0.1) is 0 Å². The fourth-order valence-electron chi connectivity index (χ4n) is 1.21. The Morgan fingerprint density at radius 3 is 1.67 bits per heavy atom. The van der Waals surface area contributed by atoms with Gasteiger partial charge in [-0.3, -0.25) is 19.1 Å². The first-order chi connectivity index (χ1) is 7.06. The zero-order valence-corrected chi connectivity index (χ0v) is 7.47. The van der Waals surface area contributed by atoms with Crippen LogP contribution in [0.3, 0.4) is 0 Å². The highest BCUT2D eigenvalue weighted by atomic mass is 16.3. The van der Waals surface area contributed by atoms with E-state index < -0.39 is 11.4 Å². The molecule has 0 aliphatic heterocycles. The SMILES string of the molecule is O=c1[nH]c(O)cn1Cn1cc(O)[nH]c1=O. The van der Waals surface area contributed by atoms with Gasteiger partial charge in [0.25, 0.3) is 0 Å². The van der Waals surface area contributed by atoms with Gasteiger partial charge in [0.2, 0.25) is 11.8 Å². The molecule has 8 nitrogen and oxygen atoms in total. The van der Waals surface area contributed by atoms with Crippen LogP contribution in [0.4, 0.5) is 0 Å². The summed E-state index contributed by atoms with van der Waals surface area (Å²) in [6, 6.07) is 0. The van der Waals surface area contributed by atoms with Crippen molar-refractivity contribution in [2.24, 2.45) is 0 Å². The normalized spacial score (nSPS) is 10.7. The Hall–Kier alpha value is -2.38. The number of rotatable bonds is 2. The molecule has 0 fully saturated rings. The number of aromatic nitrogens is 4. The summed E-state index contributed by atoms with van der Waals surface area (Å²) < 4.78 is 2.17. The third-order valence-electron chi connectivity index (χ3n) is 1.85. The Morgan fingerprint density at radius 1 is 1.00 bits per heavy atom. The maximum atomic E-state index is 11.1. The lowest BCUT2D eigenvalue weighted by atomic mass is 10.8. The van der Waals surface area contributed by atoms with Crippen LogP contribution in [0.25, 0.3) is 0 Å². The lowest BCUT2D eigenvalue weighted by molar-refractivity contribution is 0.453. The van der Waals surface area contributed by atoms with Gasteiger partial charge in [0.05, 0.1) is 12.4 Å². The maximum Gasteiger partial charge on any atom is 0.329 e. The maximum absolute atomic E-state index is 11.1. The molecule has 2 aromatic rings. The van der Waals surface area contributed by atoms with Crippen molar-refractivity contribution in [1.82, 2.24) is 19.1 Å². The molecule has 2 rings (SSSR count). The van der Waals surface area contributed by atoms with E-state index in [4.69, 9.17) is 10.2 Å². The van der Waals surface area contributed by atoms with Crippen molar-refractivity contribution in [3.05, 3.63) is 33.4 Å². The van der Waals surface area contributed by atoms with Crippen LogP contribution < -0.4 is 11.4 Å². The van der Waals surface area contributed by atoms with Gasteiger partial charge >= 0.3 is 11.4 Å². The van der Waals surface area contributed by atoms with Gasteiger partial charge in [-0.2, -0.15) is 0 Å². The molecule has 2 heterocycles. The Balaban J connectivity index is 2.37. The molecular formula is C7H8N4O4. The minimum absolute atomic E-state index is 0.0915. The first kappa shape index (κ1) is 9.19. The molecule has 0 bridgehead atoms. The van der Waals surface area contributed by atoms with Crippen LogP contribution in [0.2, 0.25) is 0 Å². The highest BCUT2D eigenvalue weighted by Crippen LogP contribution is 2.00. The summed E-state index contributed by atoms with van der Waals surface area (Å²) in [4.78, 5) is 26.5. The van der Waals surface area contributed by atoms with E-state index in [9.17, 15) is 9.59 Å². The van der Waals surface area contributed by atoms with E-state index in [0.717, 1.165) is 21.5 Å². The number of aromatic hydroxyl groups is 2. The molecular weight excluding hydrogens is 204 g/mol. The number of H-pyrrole nitrogens is 2. The van der Waals surface area contributed by atoms with Crippen molar-refractivity contribution in [1.29, 1.82) is 0 Å². The standard InChI is InChI=1S/C7H8N4O4/c12-4-1-10(6(14)8-4)3-11-2-5(13)9-7(11)15/h1-2,12-13H,3H2,(H,8,14)(H,9,15). The van der Waals surface area contributed by atoms with Gasteiger partial charge in [-0.25, -0.2) is 9.59 Å². The third-order valence-corrected chi connectivity index (χ3v) is 1.85. The quantitative estimate of drug-likeness (QED) is 0.489. The van der Waals surface area contributed by atoms with E-state index >= 15 is 0 Å². The molecule has 0 aromatic carbocycles. The summed E-state index contributed by atoms with van der Waals surface area (Å²) in [6.45, 7) is -0.0915. The zero-order chi connectivity index (χ0) is 11.0. The fraction of sp³-hybridized carbons (Fsp3) is 0.143. The van der Waals surface area contributed by atoms with Gasteiger partial charge in [0, 0.05) is 0 Å². The average molecular weight is 212 g/mol. The predicted molar refractivity (Wildman–Crippen MR) is 48.8 cm³/mol. The smallest absolute Gasteiger partial charge is 0.329 e. The molecule has 0 atom stereocenters. The number of hydrogen-bond acceptors (Lipinski definition) is 4. The molecule has 8 heteroatoms. The lowest BCUT2D eigenvalue weighted by Gasteiger charge is -1.99. The van der Waals surface area contributed by atoms with Crippen LogP contribution in [-0.4, -0.2) is 29.3 Å². The molecule has 0 aliphatic carbocycles. The van der Waals surface area contributed by atoms with Gasteiger partial charge in [-0.05, 0) is 0 Å². The van der Waals surface area contributed by atoms with Crippen LogP contribution >= 0.6 is 0 Å². The van der Waals surface area contributed by atoms with Gasteiger partial charge in [-0.15, -0.1) is 0 Å². The summed E-state index contributed by atoms with van der Waals surface area (Å²) >= 11 is 0. The van der Waals surface area contributed by atoms with Crippen molar-refractivity contribution in [3.8, 4) is 11.8 Å². The summed E-state index contributed by atoms with van der Waals surface area (Å²) in [5.41, 5.74) is -1.08. The van der Waals surface area contributed by atoms with Crippen molar-refractivity contribution in [3.63, 3.8) is 0 Å². The number of nitrogens with zero attached hydrogens (tertiary/aromatic N) is 2. The molecule has 0 radical (unpaired) electrons. The Labute approximate surface area is 82.0 Å². The molecule has 0 saturated carbocycles. The number of hydrogen-bond donors (Lipinski definition) is 4. The molecule has 0 saturated heterocycles. The summed E-state index contributed by atoms with van der Waals surface area (Å²) in [7, 11) is 0. The number of nitrogens with one attached hydrogen (secondary N) is 2. The third kappa shape index (κ3) is 1.64. The molecule has 0 spiro atoms. The van der Waals surface area contributed by atoms with E-state index in [0.29, 0.717) is 0 Å². The van der Waals surface area contributed by atoms with Crippen LogP contribution in [-0.2, 0) is 6.67 Å². The second-order valence-electron chi connectivity index (χ2n) is 2.97. The van der Waals surface area contributed by atoms with Crippen LogP contribution in [0.5, 0.6) is 11.8 Å². The highest BCUT2D eigenvalue weighted by molar-refractivity contribution is 5.03. The lowest BCUT2D eigenvalue weighted by Crippen LogP contribution is -2.26.